The number of fused-ring (bicyclic) bond motifs is 1. The van der Waals surface area contributed by atoms with Crippen molar-refractivity contribution in [3.63, 3.8) is 0 Å². The number of nitrogens with two attached hydrogens (primary N) is 1. The van der Waals surface area contributed by atoms with Crippen molar-refractivity contribution in [3.05, 3.63) is 28.8 Å². The molecule has 2 atom stereocenters. The van der Waals surface area contributed by atoms with Crippen molar-refractivity contribution in [2.24, 2.45) is 5.73 Å². The first-order chi connectivity index (χ1) is 9.56. The van der Waals surface area contributed by atoms with E-state index in [2.05, 4.69) is 31.3 Å². The molecule has 3 N–H and O–H groups in total. The van der Waals surface area contributed by atoms with Crippen molar-refractivity contribution in [3.8, 4) is 5.75 Å². The van der Waals surface area contributed by atoms with Crippen molar-refractivity contribution in [1.29, 1.82) is 0 Å². The number of hydrogen-bond donors (Lipinski definition) is 2. The Morgan fingerprint density at radius 1 is 1.50 bits per heavy atom. The van der Waals surface area contributed by atoms with Gasteiger partial charge in [0.15, 0.2) is 0 Å². The molecule has 4 heteroatoms. The molecule has 1 amide bonds. The average molecular weight is 276 g/mol. The zero-order valence-corrected chi connectivity index (χ0v) is 12.5. The molecule has 4 nitrogen and oxygen atoms in total. The Balaban J connectivity index is 2.46. The zero-order chi connectivity index (χ0) is 14.7. The van der Waals surface area contributed by atoms with E-state index in [1.54, 1.807) is 6.92 Å². The highest BCUT2D eigenvalue weighted by molar-refractivity contribution is 5.73. The summed E-state index contributed by atoms with van der Waals surface area (Å²) in [5.41, 5.74) is 9.55. The molecule has 0 bridgehead atoms. The summed E-state index contributed by atoms with van der Waals surface area (Å²) in [6.45, 7) is 6.39. The first-order valence-corrected chi connectivity index (χ1v) is 7.39. The van der Waals surface area contributed by atoms with Crippen molar-refractivity contribution in [2.75, 3.05) is 6.61 Å². The average Bonchev–Trinajstić information content (AvgIpc) is 2.45. The van der Waals surface area contributed by atoms with Crippen LogP contribution in [-0.2, 0) is 11.2 Å². The fourth-order valence-corrected chi connectivity index (χ4v) is 2.72. The standard InChI is InChI=1S/C16H24N2O2/c1-4-11-8-12(14(17)5-2)9-13-15(18-10(3)19)6-7-20-16(11)13/h8-9,14-15H,4-7,17H2,1-3H3,(H,18,19). The fraction of sp³-hybridized carbons (Fsp3) is 0.562. The van der Waals surface area contributed by atoms with Gasteiger partial charge in [-0.15, -0.1) is 0 Å². The summed E-state index contributed by atoms with van der Waals surface area (Å²) in [5, 5.41) is 3.01. The van der Waals surface area contributed by atoms with Crippen molar-refractivity contribution in [1.82, 2.24) is 5.32 Å². The predicted octanol–water partition coefficient (Wildman–Crippen LogP) is 2.62. The lowest BCUT2D eigenvalue weighted by molar-refractivity contribution is -0.119. The van der Waals surface area contributed by atoms with E-state index in [0.29, 0.717) is 6.61 Å². The minimum atomic E-state index is -0.00825. The van der Waals surface area contributed by atoms with Gasteiger partial charge in [-0.2, -0.15) is 0 Å². The number of rotatable bonds is 4. The number of hydrogen-bond acceptors (Lipinski definition) is 3. The molecule has 0 saturated carbocycles. The number of benzene rings is 1. The number of amides is 1. The molecule has 20 heavy (non-hydrogen) atoms. The minimum absolute atomic E-state index is 0.00825. The second kappa shape index (κ2) is 6.27. The molecule has 2 unspecified atom stereocenters. The van der Waals surface area contributed by atoms with E-state index in [9.17, 15) is 4.79 Å². The van der Waals surface area contributed by atoms with Gasteiger partial charge in [-0.1, -0.05) is 19.9 Å². The van der Waals surface area contributed by atoms with Gasteiger partial charge < -0.3 is 15.8 Å². The molecule has 0 fully saturated rings. The van der Waals surface area contributed by atoms with E-state index in [-0.39, 0.29) is 18.0 Å². The summed E-state index contributed by atoms with van der Waals surface area (Å²) in [5.74, 6) is 0.927. The van der Waals surface area contributed by atoms with Gasteiger partial charge in [0.1, 0.15) is 5.75 Å². The van der Waals surface area contributed by atoms with Crippen LogP contribution in [0.2, 0.25) is 0 Å². The fourth-order valence-electron chi connectivity index (χ4n) is 2.72. The first kappa shape index (κ1) is 14.9. The van der Waals surface area contributed by atoms with Crippen LogP contribution in [0.4, 0.5) is 0 Å². The molecule has 0 aliphatic carbocycles. The van der Waals surface area contributed by atoms with Gasteiger partial charge in [-0.3, -0.25) is 4.79 Å². The lowest BCUT2D eigenvalue weighted by Crippen LogP contribution is -2.31. The lowest BCUT2D eigenvalue weighted by Gasteiger charge is -2.29. The Hall–Kier alpha value is -1.55. The topological polar surface area (TPSA) is 64.3 Å². The summed E-state index contributed by atoms with van der Waals surface area (Å²) >= 11 is 0. The molecule has 1 aliphatic heterocycles. The van der Waals surface area contributed by atoms with Gasteiger partial charge in [0.25, 0.3) is 0 Å². The lowest BCUT2D eigenvalue weighted by atomic mass is 9.91. The third-order valence-corrected chi connectivity index (χ3v) is 3.87. The van der Waals surface area contributed by atoms with Crippen LogP contribution < -0.4 is 15.8 Å². The summed E-state index contributed by atoms with van der Waals surface area (Å²) < 4.78 is 5.83. The van der Waals surface area contributed by atoms with E-state index in [0.717, 1.165) is 36.1 Å². The second-order valence-electron chi connectivity index (χ2n) is 5.36. The van der Waals surface area contributed by atoms with Crippen LogP contribution >= 0.6 is 0 Å². The van der Waals surface area contributed by atoms with Gasteiger partial charge in [0.2, 0.25) is 5.91 Å². The monoisotopic (exact) mass is 276 g/mol. The van der Waals surface area contributed by atoms with Crippen molar-refractivity contribution < 1.29 is 9.53 Å². The predicted molar refractivity (Wildman–Crippen MR) is 79.7 cm³/mol. The Morgan fingerprint density at radius 2 is 2.25 bits per heavy atom. The van der Waals surface area contributed by atoms with Crippen LogP contribution in [0.5, 0.6) is 5.75 Å². The zero-order valence-electron chi connectivity index (χ0n) is 12.5. The summed E-state index contributed by atoms with van der Waals surface area (Å²) in [6, 6.07) is 4.31. The van der Waals surface area contributed by atoms with E-state index in [4.69, 9.17) is 10.5 Å². The highest BCUT2D eigenvalue weighted by Gasteiger charge is 2.25. The molecular formula is C16H24N2O2. The van der Waals surface area contributed by atoms with E-state index >= 15 is 0 Å². The van der Waals surface area contributed by atoms with Crippen molar-refractivity contribution >= 4 is 5.91 Å². The molecule has 1 heterocycles. The molecule has 0 radical (unpaired) electrons. The van der Waals surface area contributed by atoms with Crippen LogP contribution in [0.3, 0.4) is 0 Å². The maximum absolute atomic E-state index is 11.4. The Morgan fingerprint density at radius 3 is 2.85 bits per heavy atom. The molecule has 110 valence electrons. The normalized spacial score (nSPS) is 18.9. The van der Waals surface area contributed by atoms with Crippen LogP contribution in [0.15, 0.2) is 12.1 Å². The highest BCUT2D eigenvalue weighted by atomic mass is 16.5. The largest absolute Gasteiger partial charge is 0.493 e. The number of carbonyl (C=O) groups is 1. The van der Waals surface area contributed by atoms with E-state index < -0.39 is 0 Å². The Kier molecular flexibility index (Phi) is 4.65. The molecule has 0 spiro atoms. The third kappa shape index (κ3) is 2.96. The summed E-state index contributed by atoms with van der Waals surface area (Å²) in [6.07, 6.45) is 2.60. The molecule has 2 rings (SSSR count). The minimum Gasteiger partial charge on any atom is -0.493 e. The summed E-state index contributed by atoms with van der Waals surface area (Å²) in [4.78, 5) is 11.4. The molecule has 1 aromatic rings. The third-order valence-electron chi connectivity index (χ3n) is 3.87. The number of carbonyl (C=O) groups excluding carboxylic acids is 1. The molecule has 0 aromatic heterocycles. The van der Waals surface area contributed by atoms with Gasteiger partial charge in [0, 0.05) is 24.9 Å². The Labute approximate surface area is 120 Å². The first-order valence-electron chi connectivity index (χ1n) is 7.39. The summed E-state index contributed by atoms with van der Waals surface area (Å²) in [7, 11) is 0. The quantitative estimate of drug-likeness (QED) is 0.888. The van der Waals surface area contributed by atoms with Gasteiger partial charge >= 0.3 is 0 Å². The second-order valence-corrected chi connectivity index (χ2v) is 5.36. The molecule has 1 aromatic carbocycles. The van der Waals surface area contributed by atoms with Crippen LogP contribution in [0.1, 0.15) is 62.4 Å². The van der Waals surface area contributed by atoms with Crippen LogP contribution in [0.25, 0.3) is 0 Å². The van der Waals surface area contributed by atoms with Gasteiger partial charge in [-0.25, -0.2) is 0 Å². The maximum Gasteiger partial charge on any atom is 0.217 e. The van der Waals surface area contributed by atoms with Gasteiger partial charge in [0.05, 0.1) is 12.6 Å². The maximum atomic E-state index is 11.4. The van der Waals surface area contributed by atoms with Crippen LogP contribution in [-0.4, -0.2) is 12.5 Å². The highest BCUT2D eigenvalue weighted by Crippen LogP contribution is 2.37. The Bertz CT molecular complexity index is 499. The molecule has 0 saturated heterocycles. The SMILES string of the molecule is CCc1cc(C(N)CC)cc2c1OCCC2NC(C)=O. The number of aryl methyl sites for hydroxylation is 1. The molecular weight excluding hydrogens is 252 g/mol. The van der Waals surface area contributed by atoms with Gasteiger partial charge in [-0.05, 0) is 30.0 Å². The number of ether oxygens (including phenoxy) is 1. The van der Waals surface area contributed by atoms with E-state index in [1.165, 1.54) is 5.56 Å². The number of nitrogens with one attached hydrogen (secondary N) is 1. The van der Waals surface area contributed by atoms with Crippen LogP contribution in [0, 0.1) is 0 Å². The molecule has 1 aliphatic rings. The van der Waals surface area contributed by atoms with Crippen molar-refractivity contribution in [2.45, 2.75) is 52.1 Å². The van der Waals surface area contributed by atoms with E-state index in [1.807, 2.05) is 0 Å². The smallest absolute Gasteiger partial charge is 0.217 e.